The van der Waals surface area contributed by atoms with Crippen molar-refractivity contribution in [1.29, 1.82) is 0 Å². The second-order valence-electron chi connectivity index (χ2n) is 3.65. The molecule has 1 unspecified atom stereocenters. The number of anilines is 1. The van der Waals surface area contributed by atoms with Crippen molar-refractivity contribution < 1.29 is 22.9 Å². The second kappa shape index (κ2) is 6.44. The van der Waals surface area contributed by atoms with Crippen LogP contribution in [0.25, 0.3) is 0 Å². The van der Waals surface area contributed by atoms with Crippen molar-refractivity contribution in [2.45, 2.75) is 6.42 Å². The summed E-state index contributed by atoms with van der Waals surface area (Å²) in [5.41, 5.74) is -0.799. The fraction of sp³-hybridized carbons (Fsp3) is 0.364. The Kier molecular flexibility index (Phi) is 5.21. The molecule has 0 aliphatic carbocycles. The highest BCUT2D eigenvalue weighted by molar-refractivity contribution is 7.84. The SMILES string of the molecule is CS(=O)CCCNc1ccc(C(=O)O)c(F)c1F. The second-order valence-corrected chi connectivity index (χ2v) is 5.21. The van der Waals surface area contributed by atoms with Crippen molar-refractivity contribution >= 4 is 22.5 Å². The number of hydrogen-bond donors (Lipinski definition) is 2. The number of carbonyl (C=O) groups is 1. The van der Waals surface area contributed by atoms with Crippen molar-refractivity contribution in [3.05, 3.63) is 29.3 Å². The van der Waals surface area contributed by atoms with E-state index in [-0.39, 0.29) is 5.69 Å². The van der Waals surface area contributed by atoms with Gasteiger partial charge in [-0.1, -0.05) is 0 Å². The third kappa shape index (κ3) is 3.76. The van der Waals surface area contributed by atoms with Gasteiger partial charge in [0, 0.05) is 29.4 Å². The van der Waals surface area contributed by atoms with E-state index in [0.717, 1.165) is 6.07 Å². The van der Waals surface area contributed by atoms with Crippen LogP contribution in [-0.4, -0.2) is 33.8 Å². The maximum absolute atomic E-state index is 13.4. The smallest absolute Gasteiger partial charge is 0.338 e. The Morgan fingerprint density at radius 2 is 2.06 bits per heavy atom. The summed E-state index contributed by atoms with van der Waals surface area (Å²) >= 11 is 0. The molecule has 0 saturated carbocycles. The van der Waals surface area contributed by atoms with Crippen molar-refractivity contribution in [3.63, 3.8) is 0 Å². The van der Waals surface area contributed by atoms with Crippen LogP contribution < -0.4 is 5.32 Å². The quantitative estimate of drug-likeness (QED) is 0.779. The number of hydrogen-bond acceptors (Lipinski definition) is 3. The number of carboxylic acids is 1. The Balaban J connectivity index is 2.71. The van der Waals surface area contributed by atoms with Crippen LogP contribution in [-0.2, 0) is 10.8 Å². The van der Waals surface area contributed by atoms with Gasteiger partial charge in [-0.05, 0) is 18.6 Å². The van der Waals surface area contributed by atoms with Gasteiger partial charge in [0.15, 0.2) is 11.6 Å². The number of nitrogens with one attached hydrogen (secondary N) is 1. The lowest BCUT2D eigenvalue weighted by molar-refractivity contribution is 0.0690. The van der Waals surface area contributed by atoms with Crippen LogP contribution in [0.5, 0.6) is 0 Å². The molecule has 0 amide bonds. The predicted octanol–water partition coefficient (Wildman–Crippen LogP) is 1.84. The van der Waals surface area contributed by atoms with E-state index in [1.54, 1.807) is 6.26 Å². The Morgan fingerprint density at radius 1 is 1.39 bits per heavy atom. The van der Waals surface area contributed by atoms with Crippen LogP contribution in [0.3, 0.4) is 0 Å². The Hall–Kier alpha value is -1.50. The molecule has 2 N–H and O–H groups in total. The van der Waals surface area contributed by atoms with E-state index in [4.69, 9.17) is 5.11 Å². The van der Waals surface area contributed by atoms with Gasteiger partial charge in [0.2, 0.25) is 0 Å². The zero-order valence-corrected chi connectivity index (χ0v) is 10.5. The molecule has 0 heterocycles. The fourth-order valence-electron chi connectivity index (χ4n) is 1.35. The van der Waals surface area contributed by atoms with Crippen LogP contribution in [0.2, 0.25) is 0 Å². The minimum absolute atomic E-state index is 0.0978. The molecule has 0 bridgehead atoms. The molecule has 1 aromatic rings. The zero-order valence-electron chi connectivity index (χ0n) is 9.70. The van der Waals surface area contributed by atoms with Crippen LogP contribution >= 0.6 is 0 Å². The first kappa shape index (κ1) is 14.6. The first-order chi connectivity index (χ1) is 8.43. The Labute approximate surface area is 105 Å². The highest BCUT2D eigenvalue weighted by atomic mass is 32.2. The predicted molar refractivity (Wildman–Crippen MR) is 65.4 cm³/mol. The maximum Gasteiger partial charge on any atom is 0.338 e. The molecule has 18 heavy (non-hydrogen) atoms. The van der Waals surface area contributed by atoms with Gasteiger partial charge >= 0.3 is 5.97 Å². The highest BCUT2D eigenvalue weighted by Crippen LogP contribution is 2.20. The molecule has 0 saturated heterocycles. The maximum atomic E-state index is 13.4. The van der Waals surface area contributed by atoms with Gasteiger partial charge in [-0.15, -0.1) is 0 Å². The normalized spacial score (nSPS) is 12.2. The zero-order chi connectivity index (χ0) is 13.7. The van der Waals surface area contributed by atoms with E-state index in [1.807, 2.05) is 0 Å². The molecule has 100 valence electrons. The summed E-state index contributed by atoms with van der Waals surface area (Å²) < 4.78 is 37.5. The van der Waals surface area contributed by atoms with Gasteiger partial charge in [0.25, 0.3) is 0 Å². The topological polar surface area (TPSA) is 66.4 Å². The van der Waals surface area contributed by atoms with Gasteiger partial charge in [0.1, 0.15) is 0 Å². The van der Waals surface area contributed by atoms with E-state index in [9.17, 15) is 17.8 Å². The fourth-order valence-corrected chi connectivity index (χ4v) is 1.90. The first-order valence-corrected chi connectivity index (χ1v) is 6.91. The monoisotopic (exact) mass is 277 g/mol. The molecule has 0 aromatic heterocycles. The molecule has 1 rings (SSSR count). The summed E-state index contributed by atoms with van der Waals surface area (Å²) in [5, 5.41) is 11.2. The number of halogens is 2. The first-order valence-electron chi connectivity index (χ1n) is 5.18. The molecule has 0 fully saturated rings. The molecule has 0 aliphatic rings. The molecule has 4 nitrogen and oxygen atoms in total. The van der Waals surface area contributed by atoms with Gasteiger partial charge in [-0.3, -0.25) is 4.21 Å². The largest absolute Gasteiger partial charge is 0.478 e. The highest BCUT2D eigenvalue weighted by Gasteiger charge is 2.17. The summed E-state index contributed by atoms with van der Waals surface area (Å²) in [6, 6.07) is 2.17. The molecule has 0 aliphatic heterocycles. The Morgan fingerprint density at radius 3 is 2.61 bits per heavy atom. The van der Waals surface area contributed by atoms with Gasteiger partial charge < -0.3 is 10.4 Å². The van der Waals surface area contributed by atoms with Crippen molar-refractivity contribution in [2.75, 3.05) is 23.9 Å². The minimum atomic E-state index is -1.51. The number of carboxylic acid groups (broad SMARTS) is 1. The molecule has 1 aromatic carbocycles. The molecule has 1 atom stereocenters. The third-order valence-corrected chi connectivity index (χ3v) is 3.10. The van der Waals surface area contributed by atoms with E-state index in [1.165, 1.54) is 6.07 Å². The standard InChI is InChI=1S/C11H13F2NO3S/c1-18(17)6-2-5-14-8-4-3-7(11(15)16)9(12)10(8)13/h3-4,14H,2,5-6H2,1H3,(H,15,16). The van der Waals surface area contributed by atoms with E-state index in [0.29, 0.717) is 18.7 Å². The summed E-state index contributed by atoms with van der Waals surface area (Å²) in [5.74, 6) is -3.65. The molecule has 7 heteroatoms. The van der Waals surface area contributed by atoms with Gasteiger partial charge in [-0.2, -0.15) is 0 Å². The Bertz CT molecular complexity index is 480. The van der Waals surface area contributed by atoms with Crippen LogP contribution in [0.15, 0.2) is 12.1 Å². The number of rotatable bonds is 6. The van der Waals surface area contributed by atoms with Crippen molar-refractivity contribution in [3.8, 4) is 0 Å². The van der Waals surface area contributed by atoms with E-state index < -0.39 is 34.0 Å². The van der Waals surface area contributed by atoms with E-state index in [2.05, 4.69) is 5.32 Å². The van der Waals surface area contributed by atoms with Crippen LogP contribution in [0.4, 0.5) is 14.5 Å². The summed E-state index contributed by atoms with van der Waals surface area (Å²) in [7, 11) is -0.929. The molecule has 0 radical (unpaired) electrons. The lowest BCUT2D eigenvalue weighted by atomic mass is 10.2. The number of benzene rings is 1. The summed E-state index contributed by atoms with van der Waals surface area (Å²) in [4.78, 5) is 10.6. The van der Waals surface area contributed by atoms with Crippen molar-refractivity contribution in [1.82, 2.24) is 0 Å². The summed E-state index contributed by atoms with van der Waals surface area (Å²) in [6.07, 6.45) is 2.10. The van der Waals surface area contributed by atoms with Crippen molar-refractivity contribution in [2.24, 2.45) is 0 Å². The van der Waals surface area contributed by atoms with Gasteiger partial charge in [0.05, 0.1) is 11.3 Å². The molecule has 0 spiro atoms. The summed E-state index contributed by atoms with van der Waals surface area (Å²) in [6.45, 7) is 0.336. The minimum Gasteiger partial charge on any atom is -0.478 e. The average molecular weight is 277 g/mol. The van der Waals surface area contributed by atoms with Crippen LogP contribution in [0, 0.1) is 11.6 Å². The van der Waals surface area contributed by atoms with Crippen LogP contribution in [0.1, 0.15) is 16.8 Å². The number of aromatic carboxylic acids is 1. The molecular weight excluding hydrogens is 264 g/mol. The lowest BCUT2D eigenvalue weighted by Crippen LogP contribution is -2.10. The van der Waals surface area contributed by atoms with Gasteiger partial charge in [-0.25, -0.2) is 13.6 Å². The lowest BCUT2D eigenvalue weighted by Gasteiger charge is -2.08. The molecular formula is C11H13F2NO3S. The third-order valence-electron chi connectivity index (χ3n) is 2.24. The van der Waals surface area contributed by atoms with E-state index >= 15 is 0 Å². The average Bonchev–Trinajstić information content (AvgIpc) is 2.29.